The van der Waals surface area contributed by atoms with E-state index >= 15 is 0 Å². The average molecular weight is 368 g/mol. The fourth-order valence-corrected chi connectivity index (χ4v) is 3.31. The van der Waals surface area contributed by atoms with Crippen molar-refractivity contribution in [2.75, 3.05) is 50.9 Å². The lowest BCUT2D eigenvalue weighted by Crippen LogP contribution is -2.50. The minimum Gasteiger partial charge on any atom is -0.396 e. The van der Waals surface area contributed by atoms with Crippen molar-refractivity contribution in [1.29, 1.82) is 0 Å². The molecular formula is C17H26ClN5O2. The van der Waals surface area contributed by atoms with Crippen LogP contribution in [0.5, 0.6) is 0 Å². The second-order valence-corrected chi connectivity index (χ2v) is 7.14. The zero-order chi connectivity index (χ0) is 17.7. The molecule has 2 saturated heterocycles. The highest BCUT2D eigenvalue weighted by Gasteiger charge is 2.38. The Balaban J connectivity index is 1.58. The van der Waals surface area contributed by atoms with Crippen LogP contribution in [0.2, 0.25) is 5.02 Å². The number of rotatable bonds is 6. The molecule has 0 saturated carbocycles. The van der Waals surface area contributed by atoms with E-state index < -0.39 is 0 Å². The molecule has 1 atom stereocenters. The summed E-state index contributed by atoms with van der Waals surface area (Å²) in [6.45, 7) is 6.37. The van der Waals surface area contributed by atoms with Crippen LogP contribution in [0, 0.1) is 5.41 Å². The summed E-state index contributed by atoms with van der Waals surface area (Å²) in [5.41, 5.74) is -0.217. The smallest absolute Gasteiger partial charge is 0.191 e. The van der Waals surface area contributed by atoms with Crippen LogP contribution in [0.4, 0.5) is 5.82 Å². The van der Waals surface area contributed by atoms with E-state index in [1.165, 1.54) is 0 Å². The number of ether oxygens (including phenoxy) is 1. The third-order valence-corrected chi connectivity index (χ3v) is 4.93. The van der Waals surface area contributed by atoms with Gasteiger partial charge in [-0.05, 0) is 25.5 Å². The maximum Gasteiger partial charge on any atom is 0.191 e. The molecule has 0 amide bonds. The average Bonchev–Trinajstić information content (AvgIpc) is 3.03. The molecule has 3 N–H and O–H groups in total. The number of nitrogens with zero attached hydrogens (tertiary/aromatic N) is 3. The van der Waals surface area contributed by atoms with Gasteiger partial charge in [0.05, 0.1) is 36.8 Å². The van der Waals surface area contributed by atoms with Crippen LogP contribution in [0.1, 0.15) is 13.3 Å². The van der Waals surface area contributed by atoms with Gasteiger partial charge in [-0.3, -0.25) is 4.99 Å². The first-order chi connectivity index (χ1) is 12.2. The lowest BCUT2D eigenvalue weighted by Gasteiger charge is -2.38. The van der Waals surface area contributed by atoms with Crippen LogP contribution >= 0.6 is 11.6 Å². The molecule has 1 aromatic rings. The summed E-state index contributed by atoms with van der Waals surface area (Å²) < 4.78 is 5.23. The van der Waals surface area contributed by atoms with Gasteiger partial charge in [0.1, 0.15) is 5.82 Å². The van der Waals surface area contributed by atoms with Crippen LogP contribution < -0.4 is 15.5 Å². The molecule has 3 rings (SSSR count). The van der Waals surface area contributed by atoms with E-state index in [2.05, 4.69) is 25.5 Å². The number of nitrogens with one attached hydrogen (secondary N) is 2. The standard InChI is InChI=1S/C17H26ClN5O2/c1-2-19-16(21-9-17(10-24)11-25-12-17)22-13-5-7-23(8-13)15-14(18)4-3-6-20-15/h3-4,6,13,24H,2,5,7-12H2,1H3,(H2,19,21,22). The Bertz CT molecular complexity index is 603. The number of hydrogen-bond donors (Lipinski definition) is 3. The molecule has 2 fully saturated rings. The Kier molecular flexibility index (Phi) is 5.98. The molecule has 2 aliphatic rings. The van der Waals surface area contributed by atoms with Crippen molar-refractivity contribution in [1.82, 2.24) is 15.6 Å². The van der Waals surface area contributed by atoms with Crippen molar-refractivity contribution in [3.05, 3.63) is 23.4 Å². The zero-order valence-corrected chi connectivity index (χ0v) is 15.3. The van der Waals surface area contributed by atoms with Gasteiger partial charge in [-0.2, -0.15) is 0 Å². The lowest BCUT2D eigenvalue weighted by atomic mass is 9.87. The summed E-state index contributed by atoms with van der Waals surface area (Å²) in [7, 11) is 0. The minimum absolute atomic E-state index is 0.102. The summed E-state index contributed by atoms with van der Waals surface area (Å²) in [5, 5.41) is 17.0. The summed E-state index contributed by atoms with van der Waals surface area (Å²) >= 11 is 6.25. The molecule has 0 spiro atoms. The van der Waals surface area contributed by atoms with Crippen LogP contribution in [-0.4, -0.2) is 68.1 Å². The first-order valence-corrected chi connectivity index (χ1v) is 9.12. The van der Waals surface area contributed by atoms with Gasteiger partial charge in [0.15, 0.2) is 5.96 Å². The molecule has 0 aromatic carbocycles. The summed E-state index contributed by atoms with van der Waals surface area (Å²) in [6, 6.07) is 3.98. The number of halogens is 1. The van der Waals surface area contributed by atoms with Crippen LogP contribution in [0.15, 0.2) is 23.3 Å². The molecule has 0 radical (unpaired) electrons. The molecule has 25 heavy (non-hydrogen) atoms. The topological polar surface area (TPSA) is 82.0 Å². The maximum absolute atomic E-state index is 9.53. The first kappa shape index (κ1) is 18.2. The Morgan fingerprint density at radius 2 is 2.40 bits per heavy atom. The van der Waals surface area contributed by atoms with E-state index in [0.717, 1.165) is 37.8 Å². The monoisotopic (exact) mass is 367 g/mol. The number of aromatic nitrogens is 1. The van der Waals surface area contributed by atoms with Gasteiger partial charge in [0.25, 0.3) is 0 Å². The van der Waals surface area contributed by atoms with Crippen molar-refractivity contribution in [2.24, 2.45) is 10.4 Å². The SMILES string of the molecule is CCNC(=NCC1(CO)COC1)NC1CCN(c2ncccc2Cl)C1. The van der Waals surface area contributed by atoms with E-state index in [1.807, 2.05) is 19.1 Å². The van der Waals surface area contributed by atoms with E-state index in [0.29, 0.717) is 24.8 Å². The highest BCUT2D eigenvalue weighted by Crippen LogP contribution is 2.27. The fourth-order valence-electron chi connectivity index (χ4n) is 3.06. The fraction of sp³-hybridized carbons (Fsp3) is 0.647. The van der Waals surface area contributed by atoms with E-state index in [9.17, 15) is 5.11 Å². The maximum atomic E-state index is 9.53. The number of aliphatic hydroxyl groups excluding tert-OH is 1. The van der Waals surface area contributed by atoms with Crippen LogP contribution in [0.3, 0.4) is 0 Å². The normalized spacial score (nSPS) is 22.6. The van der Waals surface area contributed by atoms with E-state index in [-0.39, 0.29) is 18.1 Å². The lowest BCUT2D eigenvalue weighted by molar-refractivity contribution is -0.130. The Morgan fingerprint density at radius 3 is 3.04 bits per heavy atom. The van der Waals surface area contributed by atoms with Gasteiger partial charge in [-0.1, -0.05) is 11.6 Å². The van der Waals surface area contributed by atoms with Crippen molar-refractivity contribution in [2.45, 2.75) is 19.4 Å². The molecule has 8 heteroatoms. The number of hydrogen-bond acceptors (Lipinski definition) is 5. The van der Waals surface area contributed by atoms with Gasteiger partial charge in [0, 0.05) is 31.9 Å². The molecule has 1 unspecified atom stereocenters. The summed E-state index contributed by atoms with van der Waals surface area (Å²) in [6.07, 6.45) is 2.76. The van der Waals surface area contributed by atoms with Crippen molar-refractivity contribution in [3.63, 3.8) is 0 Å². The number of anilines is 1. The van der Waals surface area contributed by atoms with Gasteiger partial charge in [-0.25, -0.2) is 4.98 Å². The van der Waals surface area contributed by atoms with Gasteiger partial charge >= 0.3 is 0 Å². The number of aliphatic imine (C=N–C) groups is 1. The molecule has 0 aliphatic carbocycles. The Morgan fingerprint density at radius 1 is 1.56 bits per heavy atom. The quantitative estimate of drug-likeness (QED) is 0.511. The molecule has 3 heterocycles. The Hall–Kier alpha value is -1.57. The highest BCUT2D eigenvalue weighted by atomic mass is 35.5. The third kappa shape index (κ3) is 4.34. The predicted octanol–water partition coefficient (Wildman–Crippen LogP) is 0.878. The Labute approximate surface area is 153 Å². The van der Waals surface area contributed by atoms with Crippen molar-refractivity contribution in [3.8, 4) is 0 Å². The zero-order valence-electron chi connectivity index (χ0n) is 14.5. The molecule has 7 nitrogen and oxygen atoms in total. The van der Waals surface area contributed by atoms with Gasteiger partial charge < -0.3 is 25.4 Å². The number of aliphatic hydroxyl groups is 1. The van der Waals surface area contributed by atoms with Crippen molar-refractivity contribution < 1.29 is 9.84 Å². The van der Waals surface area contributed by atoms with Crippen molar-refractivity contribution >= 4 is 23.4 Å². The largest absolute Gasteiger partial charge is 0.396 e. The summed E-state index contributed by atoms with van der Waals surface area (Å²) in [5.74, 6) is 1.61. The summed E-state index contributed by atoms with van der Waals surface area (Å²) in [4.78, 5) is 11.2. The van der Waals surface area contributed by atoms with Gasteiger partial charge in [-0.15, -0.1) is 0 Å². The highest BCUT2D eigenvalue weighted by molar-refractivity contribution is 6.32. The molecule has 0 bridgehead atoms. The van der Waals surface area contributed by atoms with Crippen LogP contribution in [-0.2, 0) is 4.74 Å². The van der Waals surface area contributed by atoms with Gasteiger partial charge in [0.2, 0.25) is 0 Å². The second kappa shape index (κ2) is 8.21. The minimum atomic E-state index is -0.217. The van der Waals surface area contributed by atoms with Crippen LogP contribution in [0.25, 0.3) is 0 Å². The number of guanidine groups is 1. The predicted molar refractivity (Wildman–Crippen MR) is 99.3 cm³/mol. The number of pyridine rings is 1. The molecular weight excluding hydrogens is 342 g/mol. The molecule has 2 aliphatic heterocycles. The second-order valence-electron chi connectivity index (χ2n) is 6.73. The third-order valence-electron chi connectivity index (χ3n) is 4.64. The molecule has 138 valence electrons. The molecule has 1 aromatic heterocycles. The van der Waals surface area contributed by atoms with E-state index in [1.54, 1.807) is 6.20 Å². The first-order valence-electron chi connectivity index (χ1n) is 8.75. The van der Waals surface area contributed by atoms with E-state index in [4.69, 9.17) is 16.3 Å².